The van der Waals surface area contributed by atoms with Gasteiger partial charge in [-0.25, -0.2) is 4.98 Å². The van der Waals surface area contributed by atoms with Gasteiger partial charge in [0.2, 0.25) is 0 Å². The van der Waals surface area contributed by atoms with Gasteiger partial charge in [0.15, 0.2) is 0 Å². The molecule has 1 amide bonds. The average Bonchev–Trinajstić information content (AvgIpc) is 3.15. The van der Waals surface area contributed by atoms with Crippen LogP contribution in [-0.2, 0) is 6.54 Å². The van der Waals surface area contributed by atoms with Crippen LogP contribution in [0.4, 0.5) is 0 Å². The van der Waals surface area contributed by atoms with Crippen LogP contribution in [0.1, 0.15) is 28.5 Å². The van der Waals surface area contributed by atoms with Crippen molar-refractivity contribution in [2.45, 2.75) is 26.4 Å². The first kappa shape index (κ1) is 18.8. The molecule has 2 aromatic carbocycles. The Labute approximate surface area is 170 Å². The molecule has 1 aliphatic heterocycles. The Kier molecular flexibility index (Phi) is 5.55. The minimum atomic E-state index is 0.119. The molecule has 2 heterocycles. The van der Waals surface area contributed by atoms with Crippen LogP contribution in [0.2, 0.25) is 0 Å². The predicted molar refractivity (Wildman–Crippen MR) is 115 cm³/mol. The number of thiazole rings is 1. The van der Waals surface area contributed by atoms with E-state index in [2.05, 4.69) is 41.1 Å². The highest BCUT2D eigenvalue weighted by Crippen LogP contribution is 2.24. The normalized spacial score (nSPS) is 17.6. The molecule has 1 fully saturated rings. The van der Waals surface area contributed by atoms with E-state index in [4.69, 9.17) is 0 Å². The zero-order valence-electron chi connectivity index (χ0n) is 16.3. The highest BCUT2D eigenvalue weighted by Gasteiger charge is 2.28. The van der Waals surface area contributed by atoms with E-state index >= 15 is 0 Å². The Balaban J connectivity index is 1.40. The molecule has 0 bridgehead atoms. The minimum Gasteiger partial charge on any atom is -0.333 e. The van der Waals surface area contributed by atoms with E-state index in [-0.39, 0.29) is 11.9 Å². The number of hydrogen-bond donors (Lipinski definition) is 0. The maximum Gasteiger partial charge on any atom is 0.254 e. The van der Waals surface area contributed by atoms with Crippen molar-refractivity contribution >= 4 is 17.2 Å². The maximum absolute atomic E-state index is 13.0. The van der Waals surface area contributed by atoms with Crippen molar-refractivity contribution in [1.82, 2.24) is 14.8 Å². The zero-order chi connectivity index (χ0) is 19.5. The van der Waals surface area contributed by atoms with E-state index in [0.29, 0.717) is 0 Å². The summed E-state index contributed by atoms with van der Waals surface area (Å²) >= 11 is 1.63. The lowest BCUT2D eigenvalue weighted by atomic mass is 10.1. The molecular formula is C23H25N3OS. The van der Waals surface area contributed by atoms with Crippen molar-refractivity contribution in [2.24, 2.45) is 0 Å². The molecule has 0 aliphatic carbocycles. The third-order valence-corrected chi connectivity index (χ3v) is 6.23. The van der Waals surface area contributed by atoms with Crippen molar-refractivity contribution in [2.75, 3.05) is 19.6 Å². The number of amides is 1. The Morgan fingerprint density at radius 1 is 1.11 bits per heavy atom. The van der Waals surface area contributed by atoms with E-state index in [1.165, 1.54) is 5.56 Å². The second kappa shape index (κ2) is 8.25. The van der Waals surface area contributed by atoms with Gasteiger partial charge >= 0.3 is 0 Å². The van der Waals surface area contributed by atoms with Gasteiger partial charge in [-0.3, -0.25) is 9.69 Å². The summed E-state index contributed by atoms with van der Waals surface area (Å²) in [6, 6.07) is 18.6. The van der Waals surface area contributed by atoms with Gasteiger partial charge in [-0.15, -0.1) is 11.3 Å². The summed E-state index contributed by atoms with van der Waals surface area (Å²) in [4.78, 5) is 22.0. The number of aryl methyl sites for hydroxylation is 1. The number of carbonyl (C=O) groups excluding carboxylic acids is 1. The highest BCUT2D eigenvalue weighted by molar-refractivity contribution is 7.13. The molecule has 28 heavy (non-hydrogen) atoms. The van der Waals surface area contributed by atoms with Gasteiger partial charge in [-0.2, -0.15) is 0 Å². The lowest BCUT2D eigenvalue weighted by molar-refractivity contribution is 0.0475. The third kappa shape index (κ3) is 4.16. The molecule has 4 nitrogen and oxygen atoms in total. The van der Waals surface area contributed by atoms with Crippen LogP contribution in [0, 0.1) is 6.92 Å². The largest absolute Gasteiger partial charge is 0.333 e. The fourth-order valence-corrected chi connectivity index (χ4v) is 4.53. The molecule has 1 saturated heterocycles. The summed E-state index contributed by atoms with van der Waals surface area (Å²) in [5.41, 5.74) is 4.17. The Morgan fingerprint density at radius 2 is 1.86 bits per heavy atom. The summed E-state index contributed by atoms with van der Waals surface area (Å²) in [6.45, 7) is 7.65. The molecule has 5 heteroatoms. The van der Waals surface area contributed by atoms with Gasteiger partial charge in [-0.1, -0.05) is 42.5 Å². The van der Waals surface area contributed by atoms with Crippen LogP contribution in [0.5, 0.6) is 0 Å². The lowest BCUT2D eigenvalue weighted by Gasteiger charge is -2.40. The molecule has 1 aromatic heterocycles. The molecule has 0 saturated carbocycles. The molecule has 0 radical (unpaired) electrons. The monoisotopic (exact) mass is 391 g/mol. The van der Waals surface area contributed by atoms with Crippen molar-refractivity contribution in [1.29, 1.82) is 0 Å². The first-order valence-electron chi connectivity index (χ1n) is 9.70. The Hall–Kier alpha value is -2.50. The molecule has 0 spiro atoms. The van der Waals surface area contributed by atoms with E-state index in [9.17, 15) is 4.79 Å². The molecule has 1 atom stereocenters. The van der Waals surface area contributed by atoms with Gasteiger partial charge in [0, 0.05) is 54.4 Å². The van der Waals surface area contributed by atoms with Crippen LogP contribution in [-0.4, -0.2) is 46.4 Å². The molecular weight excluding hydrogens is 366 g/mol. The SMILES string of the molecule is Cc1csc(-c2ccc(C(=O)N3CCN(Cc4ccccc4)CC3C)cc2)n1. The van der Waals surface area contributed by atoms with Crippen molar-refractivity contribution < 1.29 is 4.79 Å². The van der Waals surface area contributed by atoms with Crippen LogP contribution < -0.4 is 0 Å². The standard InChI is InChI=1S/C23H25N3OS/c1-17-16-28-22(24-17)20-8-10-21(11-9-20)23(27)26-13-12-25(14-18(26)2)15-19-6-4-3-5-7-19/h3-11,16,18H,12-15H2,1-2H3. The van der Waals surface area contributed by atoms with Crippen molar-refractivity contribution in [3.8, 4) is 10.6 Å². The van der Waals surface area contributed by atoms with Gasteiger partial charge in [0.25, 0.3) is 5.91 Å². The highest BCUT2D eigenvalue weighted by atomic mass is 32.1. The Morgan fingerprint density at radius 3 is 2.50 bits per heavy atom. The molecule has 144 valence electrons. The number of benzene rings is 2. The molecule has 3 aromatic rings. The van der Waals surface area contributed by atoms with E-state index in [1.54, 1.807) is 11.3 Å². The van der Waals surface area contributed by atoms with E-state index < -0.39 is 0 Å². The molecule has 1 unspecified atom stereocenters. The summed E-state index contributed by atoms with van der Waals surface area (Å²) in [5.74, 6) is 0.119. The zero-order valence-corrected chi connectivity index (χ0v) is 17.2. The number of nitrogens with zero attached hydrogens (tertiary/aromatic N) is 3. The average molecular weight is 392 g/mol. The van der Waals surface area contributed by atoms with Gasteiger partial charge in [-0.05, 0) is 31.5 Å². The first-order chi connectivity index (χ1) is 13.6. The lowest BCUT2D eigenvalue weighted by Crippen LogP contribution is -2.53. The van der Waals surface area contributed by atoms with E-state index in [1.807, 2.05) is 47.5 Å². The minimum absolute atomic E-state index is 0.119. The number of hydrogen-bond acceptors (Lipinski definition) is 4. The predicted octanol–water partition coefficient (Wildman–Crippen LogP) is 4.47. The fourth-order valence-electron chi connectivity index (χ4n) is 3.73. The molecule has 1 aliphatic rings. The maximum atomic E-state index is 13.0. The van der Waals surface area contributed by atoms with Gasteiger partial charge in [0.05, 0.1) is 0 Å². The number of piperazine rings is 1. The van der Waals surface area contributed by atoms with Crippen molar-refractivity contribution in [3.05, 3.63) is 76.8 Å². The fraction of sp³-hybridized carbons (Fsp3) is 0.304. The van der Waals surface area contributed by atoms with Gasteiger partial charge < -0.3 is 4.90 Å². The third-order valence-electron chi connectivity index (χ3n) is 5.22. The quantitative estimate of drug-likeness (QED) is 0.659. The summed E-state index contributed by atoms with van der Waals surface area (Å²) in [5, 5.41) is 3.05. The summed E-state index contributed by atoms with van der Waals surface area (Å²) in [6.07, 6.45) is 0. The summed E-state index contributed by atoms with van der Waals surface area (Å²) < 4.78 is 0. The first-order valence-corrected chi connectivity index (χ1v) is 10.6. The Bertz CT molecular complexity index is 936. The van der Waals surface area contributed by atoms with Crippen LogP contribution >= 0.6 is 11.3 Å². The number of aromatic nitrogens is 1. The smallest absolute Gasteiger partial charge is 0.254 e. The number of rotatable bonds is 4. The number of carbonyl (C=O) groups is 1. The van der Waals surface area contributed by atoms with Crippen molar-refractivity contribution in [3.63, 3.8) is 0 Å². The summed E-state index contributed by atoms with van der Waals surface area (Å²) in [7, 11) is 0. The van der Waals surface area contributed by atoms with Crippen LogP contribution in [0.3, 0.4) is 0 Å². The molecule has 4 rings (SSSR count). The molecule has 0 N–H and O–H groups in total. The van der Waals surface area contributed by atoms with Crippen LogP contribution in [0.25, 0.3) is 10.6 Å². The second-order valence-corrected chi connectivity index (χ2v) is 8.30. The second-order valence-electron chi connectivity index (χ2n) is 7.44. The van der Waals surface area contributed by atoms with E-state index in [0.717, 1.165) is 48.0 Å². The topological polar surface area (TPSA) is 36.4 Å². The van der Waals surface area contributed by atoms with Gasteiger partial charge in [0.1, 0.15) is 5.01 Å². The van der Waals surface area contributed by atoms with Crippen LogP contribution in [0.15, 0.2) is 60.0 Å².